The van der Waals surface area contributed by atoms with Crippen LogP contribution < -0.4 is 4.74 Å². The molecule has 0 fully saturated rings. The Bertz CT molecular complexity index is 466. The summed E-state index contributed by atoms with van der Waals surface area (Å²) in [5.41, 5.74) is 1.06. The van der Waals surface area contributed by atoms with Crippen molar-refractivity contribution in [1.82, 2.24) is 0 Å². The third-order valence-electron chi connectivity index (χ3n) is 2.17. The number of halogens is 1. The highest BCUT2D eigenvalue weighted by Crippen LogP contribution is 2.25. The lowest BCUT2D eigenvalue weighted by atomic mass is 10.2. The van der Waals surface area contributed by atoms with Gasteiger partial charge in [0, 0.05) is 4.47 Å². The SMILES string of the molecule is Oc1ccccc1OCc1ccc(Br)cc1. The first kappa shape index (κ1) is 11.0. The molecule has 0 spiro atoms. The summed E-state index contributed by atoms with van der Waals surface area (Å²) in [6, 6.07) is 14.8. The van der Waals surface area contributed by atoms with Gasteiger partial charge in [-0.25, -0.2) is 0 Å². The van der Waals surface area contributed by atoms with E-state index in [2.05, 4.69) is 15.9 Å². The molecular formula is C13H11BrO2. The topological polar surface area (TPSA) is 29.5 Å². The third-order valence-corrected chi connectivity index (χ3v) is 2.70. The van der Waals surface area contributed by atoms with Crippen LogP contribution in [0.1, 0.15) is 5.56 Å². The van der Waals surface area contributed by atoms with Gasteiger partial charge in [0.15, 0.2) is 11.5 Å². The van der Waals surface area contributed by atoms with Gasteiger partial charge in [0.05, 0.1) is 0 Å². The molecule has 16 heavy (non-hydrogen) atoms. The highest BCUT2D eigenvalue weighted by atomic mass is 79.9. The van der Waals surface area contributed by atoms with Crippen molar-refractivity contribution >= 4 is 15.9 Å². The number of phenolic OH excluding ortho intramolecular Hbond substituents is 1. The Kier molecular flexibility index (Phi) is 3.47. The van der Waals surface area contributed by atoms with Gasteiger partial charge in [0.2, 0.25) is 0 Å². The fourth-order valence-electron chi connectivity index (χ4n) is 1.32. The van der Waals surface area contributed by atoms with E-state index >= 15 is 0 Å². The molecule has 0 amide bonds. The second-order valence-electron chi connectivity index (χ2n) is 3.38. The molecule has 0 radical (unpaired) electrons. The van der Waals surface area contributed by atoms with Crippen molar-refractivity contribution in [3.63, 3.8) is 0 Å². The smallest absolute Gasteiger partial charge is 0.161 e. The van der Waals surface area contributed by atoms with Crippen LogP contribution in [-0.4, -0.2) is 5.11 Å². The van der Waals surface area contributed by atoms with Crippen molar-refractivity contribution in [2.24, 2.45) is 0 Å². The summed E-state index contributed by atoms with van der Waals surface area (Å²) in [6.45, 7) is 0.449. The van der Waals surface area contributed by atoms with E-state index in [1.807, 2.05) is 30.3 Å². The van der Waals surface area contributed by atoms with Gasteiger partial charge in [-0.05, 0) is 29.8 Å². The van der Waals surface area contributed by atoms with Gasteiger partial charge >= 0.3 is 0 Å². The second kappa shape index (κ2) is 5.03. The predicted octanol–water partition coefficient (Wildman–Crippen LogP) is 3.73. The minimum Gasteiger partial charge on any atom is -0.504 e. The third kappa shape index (κ3) is 2.76. The number of hydrogen-bond donors (Lipinski definition) is 1. The van der Waals surface area contributed by atoms with E-state index in [1.54, 1.807) is 18.2 Å². The molecule has 0 saturated heterocycles. The highest BCUT2D eigenvalue weighted by molar-refractivity contribution is 9.10. The van der Waals surface area contributed by atoms with Crippen LogP contribution in [0.3, 0.4) is 0 Å². The fraction of sp³-hybridized carbons (Fsp3) is 0.0769. The molecule has 2 aromatic carbocycles. The van der Waals surface area contributed by atoms with E-state index in [1.165, 1.54) is 0 Å². The molecule has 0 saturated carbocycles. The van der Waals surface area contributed by atoms with E-state index in [4.69, 9.17) is 4.74 Å². The second-order valence-corrected chi connectivity index (χ2v) is 4.30. The van der Waals surface area contributed by atoms with E-state index in [9.17, 15) is 5.11 Å². The number of phenols is 1. The Labute approximate surface area is 103 Å². The van der Waals surface area contributed by atoms with Gasteiger partial charge in [0.1, 0.15) is 6.61 Å². The van der Waals surface area contributed by atoms with Crippen molar-refractivity contribution in [2.45, 2.75) is 6.61 Å². The molecule has 2 aromatic rings. The molecule has 2 rings (SSSR count). The number of benzene rings is 2. The van der Waals surface area contributed by atoms with Crippen LogP contribution in [-0.2, 0) is 6.61 Å². The molecule has 0 bridgehead atoms. The maximum Gasteiger partial charge on any atom is 0.161 e. The first-order valence-corrected chi connectivity index (χ1v) is 5.70. The standard InChI is InChI=1S/C13H11BrO2/c14-11-7-5-10(6-8-11)9-16-13-4-2-1-3-12(13)15/h1-8,15H,9H2. The average molecular weight is 279 g/mol. The Morgan fingerprint density at radius 2 is 1.69 bits per heavy atom. The lowest BCUT2D eigenvalue weighted by Crippen LogP contribution is -1.95. The Hall–Kier alpha value is -1.48. The average Bonchev–Trinajstić information content (AvgIpc) is 2.30. The molecule has 0 aliphatic rings. The molecule has 0 atom stereocenters. The van der Waals surface area contributed by atoms with Crippen LogP contribution >= 0.6 is 15.9 Å². The maximum atomic E-state index is 9.50. The lowest BCUT2D eigenvalue weighted by Gasteiger charge is -2.07. The summed E-state index contributed by atoms with van der Waals surface area (Å²) in [7, 11) is 0. The Morgan fingerprint density at radius 1 is 1.00 bits per heavy atom. The van der Waals surface area contributed by atoms with Crippen LogP contribution in [0.4, 0.5) is 0 Å². The molecule has 1 N–H and O–H groups in total. The summed E-state index contributed by atoms with van der Waals surface area (Å²) < 4.78 is 6.54. The summed E-state index contributed by atoms with van der Waals surface area (Å²) in [6.07, 6.45) is 0. The van der Waals surface area contributed by atoms with Crippen molar-refractivity contribution in [3.05, 3.63) is 58.6 Å². The first-order chi connectivity index (χ1) is 7.75. The normalized spacial score (nSPS) is 10.1. The zero-order valence-electron chi connectivity index (χ0n) is 8.56. The van der Waals surface area contributed by atoms with Crippen molar-refractivity contribution in [3.8, 4) is 11.5 Å². The molecule has 3 heteroatoms. The van der Waals surface area contributed by atoms with Gasteiger partial charge in [-0.1, -0.05) is 40.2 Å². The number of para-hydroxylation sites is 2. The van der Waals surface area contributed by atoms with Crippen molar-refractivity contribution in [2.75, 3.05) is 0 Å². The minimum atomic E-state index is 0.166. The molecule has 82 valence electrons. The minimum absolute atomic E-state index is 0.166. The fourth-order valence-corrected chi connectivity index (χ4v) is 1.59. The number of rotatable bonds is 3. The molecule has 0 aromatic heterocycles. The molecule has 0 unspecified atom stereocenters. The first-order valence-electron chi connectivity index (χ1n) is 4.91. The number of hydrogen-bond acceptors (Lipinski definition) is 2. The van der Waals surface area contributed by atoms with Crippen LogP contribution in [0.25, 0.3) is 0 Å². The quantitative estimate of drug-likeness (QED) is 0.927. The molecular weight excluding hydrogens is 268 g/mol. The van der Waals surface area contributed by atoms with Crippen LogP contribution in [0.15, 0.2) is 53.0 Å². The molecule has 2 nitrogen and oxygen atoms in total. The van der Waals surface area contributed by atoms with E-state index in [0.29, 0.717) is 12.4 Å². The summed E-state index contributed by atoms with van der Waals surface area (Å²) in [4.78, 5) is 0. The zero-order valence-corrected chi connectivity index (χ0v) is 10.1. The lowest BCUT2D eigenvalue weighted by molar-refractivity contribution is 0.289. The molecule has 0 heterocycles. The highest BCUT2D eigenvalue weighted by Gasteiger charge is 2.00. The largest absolute Gasteiger partial charge is 0.504 e. The molecule has 0 aliphatic carbocycles. The number of ether oxygens (including phenoxy) is 1. The zero-order chi connectivity index (χ0) is 11.4. The Morgan fingerprint density at radius 3 is 2.38 bits per heavy atom. The summed E-state index contributed by atoms with van der Waals surface area (Å²) >= 11 is 3.37. The van der Waals surface area contributed by atoms with E-state index in [-0.39, 0.29) is 5.75 Å². The predicted molar refractivity (Wildman–Crippen MR) is 66.6 cm³/mol. The Balaban J connectivity index is 2.02. The van der Waals surface area contributed by atoms with Gasteiger partial charge in [-0.15, -0.1) is 0 Å². The van der Waals surface area contributed by atoms with Gasteiger partial charge in [-0.3, -0.25) is 0 Å². The van der Waals surface area contributed by atoms with Gasteiger partial charge in [-0.2, -0.15) is 0 Å². The van der Waals surface area contributed by atoms with Crippen LogP contribution in [0.2, 0.25) is 0 Å². The van der Waals surface area contributed by atoms with Crippen molar-refractivity contribution in [1.29, 1.82) is 0 Å². The van der Waals surface area contributed by atoms with Crippen molar-refractivity contribution < 1.29 is 9.84 Å². The number of aromatic hydroxyl groups is 1. The maximum absolute atomic E-state index is 9.50. The summed E-state index contributed by atoms with van der Waals surface area (Å²) in [5, 5.41) is 9.50. The van der Waals surface area contributed by atoms with Crippen LogP contribution in [0.5, 0.6) is 11.5 Å². The van der Waals surface area contributed by atoms with Gasteiger partial charge < -0.3 is 9.84 Å². The molecule has 0 aliphatic heterocycles. The summed E-state index contributed by atoms with van der Waals surface area (Å²) in [5.74, 6) is 0.671. The van der Waals surface area contributed by atoms with Gasteiger partial charge in [0.25, 0.3) is 0 Å². The monoisotopic (exact) mass is 278 g/mol. The van der Waals surface area contributed by atoms with E-state index < -0.39 is 0 Å². The van der Waals surface area contributed by atoms with E-state index in [0.717, 1.165) is 10.0 Å². The van der Waals surface area contributed by atoms with Crippen LogP contribution in [0, 0.1) is 0 Å².